The highest BCUT2D eigenvalue weighted by Crippen LogP contribution is 2.48. The van der Waals surface area contributed by atoms with Gasteiger partial charge in [0.1, 0.15) is 18.1 Å². The van der Waals surface area contributed by atoms with Gasteiger partial charge >= 0.3 is 18.1 Å². The summed E-state index contributed by atoms with van der Waals surface area (Å²) in [6.45, 7) is 2.56. The van der Waals surface area contributed by atoms with Crippen LogP contribution in [0.4, 0.5) is 30.2 Å². The van der Waals surface area contributed by atoms with Crippen LogP contribution in [0.25, 0.3) is 0 Å². The van der Waals surface area contributed by atoms with Gasteiger partial charge in [-0.3, -0.25) is 14.5 Å². The smallest absolute Gasteiger partial charge is 0.471 e. The number of carbonyl (C=O) groups excluding carboxylic acids is 2. The number of anilines is 3. The van der Waals surface area contributed by atoms with Gasteiger partial charge in [0.15, 0.2) is 0 Å². The van der Waals surface area contributed by atoms with E-state index < -0.39 is 24.1 Å². The van der Waals surface area contributed by atoms with Crippen molar-refractivity contribution in [1.29, 1.82) is 5.26 Å². The first-order valence-electron chi connectivity index (χ1n) is 13.4. The van der Waals surface area contributed by atoms with Crippen LogP contribution in [0.1, 0.15) is 48.4 Å². The summed E-state index contributed by atoms with van der Waals surface area (Å²) >= 11 is 0. The second-order valence-electron chi connectivity index (χ2n) is 10.0. The SMILES string of the molecule is CCCN(c1ccc(C#N)cc1)c1cccc2c1OC[C@H]2N(C(=O)C(F)(F)F)c1ccc2c(c1)OC[C@H]2CC(=O)OC. The maximum absolute atomic E-state index is 14.0. The van der Waals surface area contributed by atoms with Crippen molar-refractivity contribution in [3.05, 3.63) is 77.4 Å². The van der Waals surface area contributed by atoms with E-state index in [1.165, 1.54) is 19.2 Å². The Kier molecular flexibility index (Phi) is 7.98. The van der Waals surface area contributed by atoms with Gasteiger partial charge in [0.2, 0.25) is 0 Å². The molecule has 8 nitrogen and oxygen atoms in total. The minimum atomic E-state index is -5.15. The number of amides is 1. The predicted octanol–water partition coefficient (Wildman–Crippen LogP) is 6.17. The maximum Gasteiger partial charge on any atom is 0.471 e. The quantitative estimate of drug-likeness (QED) is 0.295. The van der Waals surface area contributed by atoms with Crippen molar-refractivity contribution in [3.63, 3.8) is 0 Å². The number of halogens is 3. The molecule has 42 heavy (non-hydrogen) atoms. The molecule has 0 fully saturated rings. The third-order valence-corrected chi connectivity index (χ3v) is 7.38. The number of para-hydroxylation sites is 1. The molecule has 0 N–H and O–H groups in total. The number of hydrogen-bond donors (Lipinski definition) is 0. The van der Waals surface area contributed by atoms with E-state index in [0.29, 0.717) is 45.3 Å². The first kappa shape index (κ1) is 28.8. The summed E-state index contributed by atoms with van der Waals surface area (Å²) in [6, 6.07) is 17.6. The van der Waals surface area contributed by atoms with E-state index in [1.54, 1.807) is 42.5 Å². The van der Waals surface area contributed by atoms with E-state index in [-0.39, 0.29) is 31.2 Å². The minimum absolute atomic E-state index is 0.000785. The molecule has 0 saturated heterocycles. The third kappa shape index (κ3) is 5.44. The van der Waals surface area contributed by atoms with Gasteiger partial charge in [-0.1, -0.05) is 25.1 Å². The van der Waals surface area contributed by atoms with Crippen molar-refractivity contribution in [3.8, 4) is 17.6 Å². The van der Waals surface area contributed by atoms with E-state index in [2.05, 4.69) is 6.07 Å². The zero-order valence-corrected chi connectivity index (χ0v) is 23.0. The summed E-state index contributed by atoms with van der Waals surface area (Å²) in [6.07, 6.45) is -4.32. The molecule has 0 radical (unpaired) electrons. The average molecular weight is 580 g/mol. The average Bonchev–Trinajstić information content (AvgIpc) is 3.60. The summed E-state index contributed by atoms with van der Waals surface area (Å²) in [4.78, 5) is 27.4. The molecule has 5 rings (SSSR count). The lowest BCUT2D eigenvalue weighted by Gasteiger charge is -2.30. The van der Waals surface area contributed by atoms with Crippen molar-refractivity contribution in [2.45, 2.75) is 37.9 Å². The molecular formula is C31H28F3N3O5. The lowest BCUT2D eigenvalue weighted by molar-refractivity contribution is -0.171. The van der Waals surface area contributed by atoms with Crippen LogP contribution in [-0.2, 0) is 14.3 Å². The zero-order chi connectivity index (χ0) is 30.0. The standard InChI is InChI=1S/C31H28F3N3O5/c1-3-13-36(21-9-7-19(16-35)8-10-21)25-6-4-5-24-26(18-42-29(24)25)37(30(39)31(32,33)34)22-11-12-23-20(14-28(38)40-2)17-41-27(23)15-22/h4-12,15,20,26H,3,13-14,17-18H2,1-2H3/t20-,26-/m1/s1. The van der Waals surface area contributed by atoms with Crippen LogP contribution in [0.2, 0.25) is 0 Å². The molecule has 2 atom stereocenters. The van der Waals surface area contributed by atoms with E-state index in [1.807, 2.05) is 17.9 Å². The molecular weight excluding hydrogens is 551 g/mol. The molecule has 11 heteroatoms. The summed E-state index contributed by atoms with van der Waals surface area (Å²) in [7, 11) is 1.28. The van der Waals surface area contributed by atoms with Crippen molar-refractivity contribution in [2.75, 3.05) is 36.7 Å². The highest BCUT2D eigenvalue weighted by molar-refractivity contribution is 5.98. The van der Waals surface area contributed by atoms with Gasteiger partial charge in [0, 0.05) is 41.0 Å². The van der Waals surface area contributed by atoms with Gasteiger partial charge in [-0.15, -0.1) is 0 Å². The molecule has 0 saturated carbocycles. The van der Waals surface area contributed by atoms with Crippen LogP contribution < -0.4 is 19.3 Å². The first-order valence-corrected chi connectivity index (χ1v) is 13.4. The van der Waals surface area contributed by atoms with E-state index >= 15 is 0 Å². The van der Waals surface area contributed by atoms with Crippen LogP contribution in [0.15, 0.2) is 60.7 Å². The highest BCUT2D eigenvalue weighted by Gasteiger charge is 2.48. The second-order valence-corrected chi connectivity index (χ2v) is 10.0. The Labute approximate surface area is 240 Å². The van der Waals surface area contributed by atoms with Gasteiger partial charge in [0.25, 0.3) is 0 Å². The van der Waals surface area contributed by atoms with Crippen LogP contribution in [-0.4, -0.2) is 44.9 Å². The number of hydrogen-bond acceptors (Lipinski definition) is 7. The van der Waals surface area contributed by atoms with Crippen molar-refractivity contribution >= 4 is 28.9 Å². The maximum atomic E-state index is 14.0. The lowest BCUT2D eigenvalue weighted by atomic mass is 9.97. The van der Waals surface area contributed by atoms with E-state index in [4.69, 9.17) is 14.2 Å². The molecule has 2 aliphatic heterocycles. The first-order chi connectivity index (χ1) is 20.2. The number of benzene rings is 3. The summed E-state index contributed by atoms with van der Waals surface area (Å²) in [5.41, 5.74) is 3.03. The number of nitriles is 1. The Morgan fingerprint density at radius 1 is 1.02 bits per heavy atom. The predicted molar refractivity (Wildman–Crippen MR) is 148 cm³/mol. The fourth-order valence-corrected chi connectivity index (χ4v) is 5.41. The van der Waals surface area contributed by atoms with Gasteiger partial charge in [-0.25, -0.2) is 0 Å². The number of esters is 1. The normalized spacial score (nSPS) is 16.9. The number of fused-ring (bicyclic) bond motifs is 2. The van der Waals surface area contributed by atoms with Crippen LogP contribution in [0.5, 0.6) is 11.5 Å². The Morgan fingerprint density at radius 3 is 2.43 bits per heavy atom. The number of methoxy groups -OCH3 is 1. The summed E-state index contributed by atoms with van der Waals surface area (Å²) in [5.74, 6) is -2.07. The van der Waals surface area contributed by atoms with Crippen molar-refractivity contribution < 1.29 is 37.0 Å². The molecule has 3 aromatic rings. The molecule has 0 aliphatic carbocycles. The molecule has 2 heterocycles. The molecule has 0 unspecified atom stereocenters. The molecule has 3 aromatic carbocycles. The third-order valence-electron chi connectivity index (χ3n) is 7.38. The van der Waals surface area contributed by atoms with E-state index in [0.717, 1.165) is 12.1 Å². The highest BCUT2D eigenvalue weighted by atomic mass is 19.4. The fourth-order valence-electron chi connectivity index (χ4n) is 5.41. The van der Waals surface area contributed by atoms with Gasteiger partial charge < -0.3 is 19.1 Å². The number of carbonyl (C=O) groups is 2. The van der Waals surface area contributed by atoms with Crippen LogP contribution >= 0.6 is 0 Å². The van der Waals surface area contributed by atoms with E-state index in [9.17, 15) is 28.0 Å². The molecule has 1 amide bonds. The Morgan fingerprint density at radius 2 is 1.76 bits per heavy atom. The zero-order valence-electron chi connectivity index (χ0n) is 23.0. The Balaban J connectivity index is 1.54. The van der Waals surface area contributed by atoms with Crippen molar-refractivity contribution in [1.82, 2.24) is 0 Å². The Hall–Kier alpha value is -4.72. The molecule has 2 aliphatic rings. The minimum Gasteiger partial charge on any atom is -0.493 e. The monoisotopic (exact) mass is 579 g/mol. The number of nitrogens with zero attached hydrogens (tertiary/aromatic N) is 3. The topological polar surface area (TPSA) is 92.1 Å². The number of ether oxygens (including phenoxy) is 3. The van der Waals surface area contributed by atoms with Crippen molar-refractivity contribution in [2.24, 2.45) is 0 Å². The molecule has 0 spiro atoms. The van der Waals surface area contributed by atoms with Crippen LogP contribution in [0.3, 0.4) is 0 Å². The molecule has 218 valence electrons. The lowest BCUT2D eigenvalue weighted by Crippen LogP contribution is -2.44. The number of rotatable bonds is 8. The van der Waals surface area contributed by atoms with Gasteiger partial charge in [-0.05, 0) is 42.8 Å². The fraction of sp³-hybridized carbons (Fsp3) is 0.323. The summed E-state index contributed by atoms with van der Waals surface area (Å²) in [5, 5.41) is 9.18. The second kappa shape index (κ2) is 11.6. The van der Waals surface area contributed by atoms with Crippen LogP contribution in [0, 0.1) is 11.3 Å². The molecule has 0 aromatic heterocycles. The molecule has 0 bridgehead atoms. The Bertz CT molecular complexity index is 1530. The van der Waals surface area contributed by atoms with Gasteiger partial charge in [0.05, 0.1) is 43.5 Å². The van der Waals surface area contributed by atoms with Gasteiger partial charge in [-0.2, -0.15) is 18.4 Å². The summed E-state index contributed by atoms with van der Waals surface area (Å²) < 4.78 is 58.4. The largest absolute Gasteiger partial charge is 0.493 e. The number of alkyl halides is 3.